The molecule has 0 aromatic heterocycles. The zero-order valence-electron chi connectivity index (χ0n) is 14.8. The van der Waals surface area contributed by atoms with Gasteiger partial charge in [0.1, 0.15) is 0 Å². The van der Waals surface area contributed by atoms with Gasteiger partial charge in [0.2, 0.25) is 12.1 Å². The summed E-state index contributed by atoms with van der Waals surface area (Å²) >= 11 is 0. The van der Waals surface area contributed by atoms with Crippen LogP contribution in [0.25, 0.3) is 0 Å². The Morgan fingerprint density at radius 2 is 1.35 bits per heavy atom. The highest BCUT2D eigenvalue weighted by Gasteiger charge is 2.21. The van der Waals surface area contributed by atoms with Crippen molar-refractivity contribution >= 4 is 5.78 Å². The predicted octanol–water partition coefficient (Wildman–Crippen LogP) is 5.39. The third-order valence-electron chi connectivity index (χ3n) is 3.81. The molecule has 0 atom stereocenters. The number of Topliss-reactive ketones (excluding diaryl/α,β-unsaturated/α-hetero) is 1. The van der Waals surface area contributed by atoms with Crippen LogP contribution >= 0.6 is 0 Å². The first-order valence-corrected chi connectivity index (χ1v) is 9.12. The molecule has 130 valence electrons. The van der Waals surface area contributed by atoms with E-state index in [1.165, 1.54) is 25.7 Å². The van der Waals surface area contributed by atoms with E-state index in [1.807, 2.05) is 30.3 Å². The topological polar surface area (TPSA) is 35.5 Å². The van der Waals surface area contributed by atoms with Crippen LogP contribution in [0.4, 0.5) is 0 Å². The second-order valence-electron chi connectivity index (χ2n) is 5.93. The summed E-state index contributed by atoms with van der Waals surface area (Å²) in [5.74, 6) is -0.0726. The molecule has 1 rings (SSSR count). The minimum absolute atomic E-state index is 0.0726. The predicted molar refractivity (Wildman–Crippen MR) is 94.7 cm³/mol. The molecule has 23 heavy (non-hydrogen) atoms. The third-order valence-corrected chi connectivity index (χ3v) is 3.81. The molecule has 3 heteroatoms. The van der Waals surface area contributed by atoms with E-state index in [2.05, 4.69) is 13.8 Å². The Labute approximate surface area is 141 Å². The van der Waals surface area contributed by atoms with Crippen LogP contribution in [0.2, 0.25) is 0 Å². The molecule has 0 aliphatic heterocycles. The van der Waals surface area contributed by atoms with E-state index in [1.54, 1.807) is 0 Å². The van der Waals surface area contributed by atoms with Crippen LogP contribution < -0.4 is 0 Å². The van der Waals surface area contributed by atoms with E-state index in [0.29, 0.717) is 18.8 Å². The van der Waals surface area contributed by atoms with Crippen molar-refractivity contribution in [3.05, 3.63) is 35.9 Å². The standard InChI is InChI=1S/C20H32O3/c1-3-5-7-12-16-22-20(23-17-13-8-6-4-2)19(21)18-14-10-9-11-15-18/h9-11,14-15,20H,3-8,12-13,16-17H2,1-2H3. The summed E-state index contributed by atoms with van der Waals surface area (Å²) in [6.45, 7) is 5.53. The highest BCUT2D eigenvalue weighted by Crippen LogP contribution is 2.11. The quantitative estimate of drug-likeness (QED) is 0.262. The van der Waals surface area contributed by atoms with Crippen molar-refractivity contribution in [1.82, 2.24) is 0 Å². The maximum atomic E-state index is 12.5. The minimum atomic E-state index is -0.763. The van der Waals surface area contributed by atoms with Crippen LogP contribution in [-0.4, -0.2) is 25.3 Å². The molecule has 0 unspecified atom stereocenters. The maximum Gasteiger partial charge on any atom is 0.222 e. The van der Waals surface area contributed by atoms with Gasteiger partial charge in [0, 0.05) is 5.56 Å². The molecule has 0 saturated carbocycles. The van der Waals surface area contributed by atoms with Gasteiger partial charge >= 0.3 is 0 Å². The van der Waals surface area contributed by atoms with Crippen LogP contribution in [0.5, 0.6) is 0 Å². The van der Waals surface area contributed by atoms with Gasteiger partial charge in [-0.15, -0.1) is 0 Å². The first kappa shape index (κ1) is 19.9. The number of unbranched alkanes of at least 4 members (excludes halogenated alkanes) is 6. The van der Waals surface area contributed by atoms with Gasteiger partial charge in [-0.3, -0.25) is 4.79 Å². The van der Waals surface area contributed by atoms with E-state index < -0.39 is 6.29 Å². The Kier molecular flexibility index (Phi) is 11.5. The second kappa shape index (κ2) is 13.3. The van der Waals surface area contributed by atoms with E-state index in [0.717, 1.165) is 25.7 Å². The van der Waals surface area contributed by atoms with Crippen molar-refractivity contribution in [2.45, 2.75) is 71.5 Å². The van der Waals surface area contributed by atoms with Crippen LogP contribution in [0.1, 0.15) is 75.6 Å². The van der Waals surface area contributed by atoms with E-state index in [4.69, 9.17) is 9.47 Å². The molecule has 0 radical (unpaired) electrons. The fourth-order valence-corrected chi connectivity index (χ4v) is 2.38. The van der Waals surface area contributed by atoms with E-state index in [-0.39, 0.29) is 5.78 Å². The Morgan fingerprint density at radius 1 is 0.826 bits per heavy atom. The van der Waals surface area contributed by atoms with Crippen LogP contribution in [0, 0.1) is 0 Å². The summed E-state index contributed by atoms with van der Waals surface area (Å²) in [7, 11) is 0. The van der Waals surface area contributed by atoms with Gasteiger partial charge in [-0.2, -0.15) is 0 Å². The first-order chi connectivity index (χ1) is 11.3. The summed E-state index contributed by atoms with van der Waals surface area (Å²) in [5, 5.41) is 0. The SMILES string of the molecule is CCCCCCOC(OCCCCCC)C(=O)c1ccccc1. The number of rotatable bonds is 14. The minimum Gasteiger partial charge on any atom is -0.346 e. The number of carbonyl (C=O) groups is 1. The summed E-state index contributed by atoms with van der Waals surface area (Å²) in [5.41, 5.74) is 0.652. The van der Waals surface area contributed by atoms with Gasteiger partial charge in [-0.05, 0) is 12.8 Å². The largest absolute Gasteiger partial charge is 0.346 e. The molecular formula is C20H32O3. The van der Waals surface area contributed by atoms with Crippen LogP contribution in [0.15, 0.2) is 30.3 Å². The molecule has 0 bridgehead atoms. The molecule has 0 fully saturated rings. The summed E-state index contributed by atoms with van der Waals surface area (Å²) in [6.07, 6.45) is 8.27. The first-order valence-electron chi connectivity index (χ1n) is 9.12. The molecule has 0 aliphatic carbocycles. The molecule has 1 aromatic carbocycles. The van der Waals surface area contributed by atoms with Crippen molar-refractivity contribution in [2.24, 2.45) is 0 Å². The van der Waals surface area contributed by atoms with Gasteiger partial charge < -0.3 is 9.47 Å². The fourth-order valence-electron chi connectivity index (χ4n) is 2.38. The normalized spacial score (nSPS) is 11.1. The molecule has 0 N–H and O–H groups in total. The van der Waals surface area contributed by atoms with Gasteiger partial charge in [0.15, 0.2) is 0 Å². The molecule has 0 saturated heterocycles. The molecular weight excluding hydrogens is 288 g/mol. The summed E-state index contributed by atoms with van der Waals surface area (Å²) < 4.78 is 11.5. The highest BCUT2D eigenvalue weighted by atomic mass is 16.7. The number of ether oxygens (including phenoxy) is 2. The van der Waals surface area contributed by atoms with Gasteiger partial charge in [0.25, 0.3) is 0 Å². The Bertz CT molecular complexity index is 389. The lowest BCUT2D eigenvalue weighted by atomic mass is 10.1. The van der Waals surface area contributed by atoms with E-state index >= 15 is 0 Å². The second-order valence-corrected chi connectivity index (χ2v) is 5.93. The smallest absolute Gasteiger partial charge is 0.222 e. The highest BCUT2D eigenvalue weighted by molar-refractivity contribution is 5.98. The Morgan fingerprint density at radius 3 is 1.83 bits per heavy atom. The summed E-state index contributed by atoms with van der Waals surface area (Å²) in [4.78, 5) is 12.5. The number of ketones is 1. The average molecular weight is 320 g/mol. The number of hydrogen-bond acceptors (Lipinski definition) is 3. The van der Waals surface area contributed by atoms with Crippen LogP contribution in [-0.2, 0) is 9.47 Å². The average Bonchev–Trinajstić information content (AvgIpc) is 2.59. The number of hydrogen-bond donors (Lipinski definition) is 0. The Hall–Kier alpha value is -1.19. The molecule has 0 heterocycles. The van der Waals surface area contributed by atoms with Crippen LogP contribution in [0.3, 0.4) is 0 Å². The van der Waals surface area contributed by atoms with E-state index in [9.17, 15) is 4.79 Å². The van der Waals surface area contributed by atoms with Crippen molar-refractivity contribution in [3.8, 4) is 0 Å². The number of carbonyl (C=O) groups excluding carboxylic acids is 1. The molecule has 3 nitrogen and oxygen atoms in total. The summed E-state index contributed by atoms with van der Waals surface area (Å²) in [6, 6.07) is 9.27. The third kappa shape index (κ3) is 8.87. The lowest BCUT2D eigenvalue weighted by molar-refractivity contribution is -0.115. The monoisotopic (exact) mass is 320 g/mol. The molecule has 1 aromatic rings. The lowest BCUT2D eigenvalue weighted by Gasteiger charge is -2.17. The van der Waals surface area contributed by atoms with Gasteiger partial charge in [-0.25, -0.2) is 0 Å². The van der Waals surface area contributed by atoms with Gasteiger partial charge in [0.05, 0.1) is 13.2 Å². The molecule has 0 spiro atoms. The van der Waals surface area contributed by atoms with Gasteiger partial charge in [-0.1, -0.05) is 82.7 Å². The van der Waals surface area contributed by atoms with Crippen molar-refractivity contribution in [3.63, 3.8) is 0 Å². The zero-order chi connectivity index (χ0) is 16.8. The molecule has 0 aliphatic rings. The van der Waals surface area contributed by atoms with Crippen molar-refractivity contribution < 1.29 is 14.3 Å². The number of benzene rings is 1. The van der Waals surface area contributed by atoms with Crippen molar-refractivity contribution in [2.75, 3.05) is 13.2 Å². The molecule has 0 amide bonds. The fraction of sp³-hybridized carbons (Fsp3) is 0.650. The maximum absolute atomic E-state index is 12.5. The van der Waals surface area contributed by atoms with Crippen molar-refractivity contribution in [1.29, 1.82) is 0 Å². The Balaban J connectivity index is 2.45. The zero-order valence-corrected chi connectivity index (χ0v) is 14.8. The lowest BCUT2D eigenvalue weighted by Crippen LogP contribution is -2.28.